The summed E-state index contributed by atoms with van der Waals surface area (Å²) in [4.78, 5) is 12.6. The Morgan fingerprint density at radius 1 is 1.12 bits per heavy atom. The molecule has 0 spiro atoms. The summed E-state index contributed by atoms with van der Waals surface area (Å²) in [6.45, 7) is 1.94. The summed E-state index contributed by atoms with van der Waals surface area (Å²) >= 11 is 1.69. The van der Waals surface area contributed by atoms with Crippen molar-refractivity contribution in [2.75, 3.05) is 5.32 Å². The number of hydrogen-bond acceptors (Lipinski definition) is 3. The Bertz CT molecular complexity index is 996. The zero-order valence-electron chi connectivity index (χ0n) is 13.9. The molecule has 0 unspecified atom stereocenters. The van der Waals surface area contributed by atoms with E-state index in [0.717, 1.165) is 40.4 Å². The smallest absolute Gasteiger partial charge is 0.262 e. The maximum absolute atomic E-state index is 14.0. The predicted octanol–water partition coefficient (Wildman–Crippen LogP) is 4.46. The second-order valence-electron chi connectivity index (χ2n) is 6.02. The molecule has 4 rings (SSSR count). The van der Waals surface area contributed by atoms with E-state index in [1.807, 2.05) is 31.2 Å². The zero-order chi connectivity index (χ0) is 18.3. The first-order valence-electron chi connectivity index (χ1n) is 8.06. The van der Waals surface area contributed by atoms with Crippen molar-refractivity contribution in [3.05, 3.63) is 76.5 Å². The third-order valence-corrected chi connectivity index (χ3v) is 5.29. The van der Waals surface area contributed by atoms with Gasteiger partial charge in [0.1, 0.15) is 23.0 Å². The van der Waals surface area contributed by atoms with Gasteiger partial charge in [-0.2, -0.15) is 16.9 Å². The number of amides is 1. The van der Waals surface area contributed by atoms with Crippen LogP contribution in [0.1, 0.15) is 27.2 Å². The largest absolute Gasteiger partial charge is 0.306 e. The van der Waals surface area contributed by atoms with Crippen LogP contribution in [0, 0.1) is 18.6 Å². The van der Waals surface area contributed by atoms with Crippen LogP contribution in [0.5, 0.6) is 0 Å². The van der Waals surface area contributed by atoms with Crippen LogP contribution in [-0.2, 0) is 11.5 Å². The van der Waals surface area contributed by atoms with Crippen LogP contribution >= 0.6 is 11.8 Å². The van der Waals surface area contributed by atoms with Crippen molar-refractivity contribution in [3.63, 3.8) is 0 Å². The standard InChI is InChI=1S/C19H15F2N3OS/c1-11-5-2-3-8-16(11)24-18(12-9-26-10-15(12)23-24)22-19(25)17-13(20)6-4-7-14(17)21/h2-8H,9-10H2,1H3,(H,22,25). The lowest BCUT2D eigenvalue weighted by Gasteiger charge is -2.13. The van der Waals surface area contributed by atoms with Gasteiger partial charge in [0.25, 0.3) is 5.91 Å². The number of para-hydroxylation sites is 1. The van der Waals surface area contributed by atoms with Crippen molar-refractivity contribution in [1.29, 1.82) is 0 Å². The minimum absolute atomic E-state index is 0.465. The molecule has 0 saturated carbocycles. The molecule has 0 aliphatic carbocycles. The van der Waals surface area contributed by atoms with E-state index < -0.39 is 23.1 Å². The summed E-state index contributed by atoms with van der Waals surface area (Å²) < 4.78 is 29.6. The van der Waals surface area contributed by atoms with E-state index in [1.165, 1.54) is 6.07 Å². The lowest BCUT2D eigenvalue weighted by molar-refractivity contribution is 0.101. The number of aromatic nitrogens is 2. The van der Waals surface area contributed by atoms with E-state index in [0.29, 0.717) is 11.6 Å². The number of carbonyl (C=O) groups is 1. The third kappa shape index (κ3) is 2.78. The van der Waals surface area contributed by atoms with Crippen LogP contribution in [-0.4, -0.2) is 15.7 Å². The Morgan fingerprint density at radius 3 is 2.58 bits per heavy atom. The molecule has 1 N–H and O–H groups in total. The number of aryl methyl sites for hydroxylation is 1. The lowest BCUT2D eigenvalue weighted by Crippen LogP contribution is -2.19. The number of carbonyl (C=O) groups excluding carboxylic acids is 1. The summed E-state index contributed by atoms with van der Waals surface area (Å²) in [5.74, 6) is -0.713. The molecule has 0 saturated heterocycles. The molecular formula is C19H15F2N3OS. The highest BCUT2D eigenvalue weighted by Crippen LogP contribution is 2.36. The Labute approximate surface area is 153 Å². The topological polar surface area (TPSA) is 46.9 Å². The minimum atomic E-state index is -0.893. The van der Waals surface area contributed by atoms with Crippen LogP contribution in [0.4, 0.5) is 14.6 Å². The fourth-order valence-electron chi connectivity index (χ4n) is 3.00. The van der Waals surface area contributed by atoms with Crippen LogP contribution < -0.4 is 5.32 Å². The molecule has 1 aliphatic heterocycles. The van der Waals surface area contributed by atoms with Gasteiger partial charge in [-0.3, -0.25) is 4.79 Å². The van der Waals surface area contributed by atoms with Gasteiger partial charge in [0.15, 0.2) is 0 Å². The maximum atomic E-state index is 14.0. The average molecular weight is 371 g/mol. The highest BCUT2D eigenvalue weighted by molar-refractivity contribution is 7.98. The van der Waals surface area contributed by atoms with Crippen molar-refractivity contribution in [3.8, 4) is 5.69 Å². The number of halogens is 2. The SMILES string of the molecule is Cc1ccccc1-n1nc2c(c1NC(=O)c1c(F)cccc1F)CSC2. The normalized spacial score (nSPS) is 12.9. The summed E-state index contributed by atoms with van der Waals surface area (Å²) in [5.41, 5.74) is 2.97. The third-order valence-electron chi connectivity index (χ3n) is 4.32. The second kappa shape index (κ2) is 6.57. The number of fused-ring (bicyclic) bond motifs is 1. The molecule has 26 heavy (non-hydrogen) atoms. The highest BCUT2D eigenvalue weighted by atomic mass is 32.2. The molecular weight excluding hydrogens is 356 g/mol. The molecule has 2 heterocycles. The lowest BCUT2D eigenvalue weighted by atomic mass is 10.1. The second-order valence-corrected chi connectivity index (χ2v) is 7.00. The average Bonchev–Trinajstić information content (AvgIpc) is 3.18. The molecule has 4 nitrogen and oxygen atoms in total. The molecule has 0 atom stereocenters. The Kier molecular flexibility index (Phi) is 4.24. The van der Waals surface area contributed by atoms with E-state index in [2.05, 4.69) is 10.4 Å². The van der Waals surface area contributed by atoms with E-state index in [9.17, 15) is 13.6 Å². The van der Waals surface area contributed by atoms with Crippen LogP contribution in [0.3, 0.4) is 0 Å². The van der Waals surface area contributed by atoms with E-state index in [4.69, 9.17) is 0 Å². The van der Waals surface area contributed by atoms with E-state index in [1.54, 1.807) is 16.4 Å². The molecule has 1 amide bonds. The number of benzene rings is 2. The van der Waals surface area contributed by atoms with Gasteiger partial charge in [-0.1, -0.05) is 24.3 Å². The summed E-state index contributed by atoms with van der Waals surface area (Å²) in [5, 5.41) is 7.29. The van der Waals surface area contributed by atoms with Gasteiger partial charge in [0, 0.05) is 17.1 Å². The van der Waals surface area contributed by atoms with Crippen molar-refractivity contribution < 1.29 is 13.6 Å². The van der Waals surface area contributed by atoms with Gasteiger partial charge in [0.05, 0.1) is 11.4 Å². The molecule has 0 radical (unpaired) electrons. The molecule has 2 aromatic carbocycles. The molecule has 0 bridgehead atoms. The first-order valence-corrected chi connectivity index (χ1v) is 9.21. The number of hydrogen-bond donors (Lipinski definition) is 1. The van der Waals surface area contributed by atoms with Gasteiger partial charge in [0.2, 0.25) is 0 Å². The van der Waals surface area contributed by atoms with Crippen molar-refractivity contribution in [1.82, 2.24) is 9.78 Å². The number of anilines is 1. The summed E-state index contributed by atoms with van der Waals surface area (Å²) in [6.07, 6.45) is 0. The van der Waals surface area contributed by atoms with Gasteiger partial charge in [-0.05, 0) is 30.7 Å². The maximum Gasteiger partial charge on any atom is 0.262 e. The quantitative estimate of drug-likeness (QED) is 0.740. The predicted molar refractivity (Wildman–Crippen MR) is 97.6 cm³/mol. The molecule has 1 aliphatic rings. The Balaban J connectivity index is 1.80. The van der Waals surface area contributed by atoms with Gasteiger partial charge < -0.3 is 5.32 Å². The van der Waals surface area contributed by atoms with Crippen LogP contribution in [0.15, 0.2) is 42.5 Å². The van der Waals surface area contributed by atoms with Gasteiger partial charge in [-0.25, -0.2) is 13.5 Å². The van der Waals surface area contributed by atoms with Gasteiger partial charge in [-0.15, -0.1) is 0 Å². The summed E-state index contributed by atoms with van der Waals surface area (Å²) in [6, 6.07) is 11.0. The first kappa shape index (κ1) is 16.8. The van der Waals surface area contributed by atoms with Crippen molar-refractivity contribution in [2.45, 2.75) is 18.4 Å². The number of rotatable bonds is 3. The molecule has 0 fully saturated rings. The highest BCUT2D eigenvalue weighted by Gasteiger charge is 2.27. The van der Waals surface area contributed by atoms with E-state index in [-0.39, 0.29) is 0 Å². The van der Waals surface area contributed by atoms with Crippen LogP contribution in [0.2, 0.25) is 0 Å². The molecule has 7 heteroatoms. The monoisotopic (exact) mass is 371 g/mol. The fraction of sp³-hybridized carbons (Fsp3) is 0.158. The van der Waals surface area contributed by atoms with E-state index >= 15 is 0 Å². The van der Waals surface area contributed by atoms with Crippen molar-refractivity contribution in [2.24, 2.45) is 0 Å². The number of thioether (sulfide) groups is 1. The minimum Gasteiger partial charge on any atom is -0.306 e. The molecule has 132 valence electrons. The number of nitrogens with one attached hydrogen (secondary N) is 1. The number of nitrogens with zero attached hydrogens (tertiary/aromatic N) is 2. The summed E-state index contributed by atoms with van der Waals surface area (Å²) in [7, 11) is 0. The molecule has 1 aromatic heterocycles. The van der Waals surface area contributed by atoms with Crippen molar-refractivity contribution >= 4 is 23.5 Å². The van der Waals surface area contributed by atoms with Crippen LogP contribution in [0.25, 0.3) is 5.69 Å². The zero-order valence-corrected chi connectivity index (χ0v) is 14.7. The van der Waals surface area contributed by atoms with Gasteiger partial charge >= 0.3 is 0 Å². The Morgan fingerprint density at radius 2 is 1.85 bits per heavy atom. The first-order chi connectivity index (χ1) is 12.6. The fourth-order valence-corrected chi connectivity index (χ4v) is 4.04. The molecule has 3 aromatic rings. The Hall–Kier alpha value is -2.67.